The molecule has 0 unspecified atom stereocenters. The molecule has 0 saturated heterocycles. The zero-order valence-electron chi connectivity index (χ0n) is 9.60. The molecule has 1 aromatic rings. The maximum atomic E-state index is 5.98. The van der Waals surface area contributed by atoms with E-state index in [0.717, 1.165) is 18.8 Å². The molecule has 0 aliphatic heterocycles. The number of amidine groups is 1. The van der Waals surface area contributed by atoms with Crippen molar-refractivity contribution in [2.75, 3.05) is 6.54 Å². The van der Waals surface area contributed by atoms with Crippen LogP contribution in [0.25, 0.3) is 0 Å². The Balaban J connectivity index is 1.80. The van der Waals surface area contributed by atoms with Crippen LogP contribution in [-0.2, 0) is 6.42 Å². The first kappa shape index (κ1) is 11.1. The Hall–Kier alpha value is -1.38. The lowest BCUT2D eigenvalue weighted by Crippen LogP contribution is -2.21. The fourth-order valence-electron chi connectivity index (χ4n) is 2.21. The molecule has 2 rings (SSSR count). The number of aromatic nitrogens is 1. The minimum absolute atomic E-state index is 0.550. The largest absolute Gasteiger partial charge is 0.387 e. The SMILES string of the molecule is NC(=NCCc1cccnc1)C1CCCC1. The Kier molecular flexibility index (Phi) is 3.91. The van der Waals surface area contributed by atoms with Gasteiger partial charge in [0.2, 0.25) is 0 Å². The molecule has 3 nitrogen and oxygen atoms in total. The second kappa shape index (κ2) is 5.64. The first-order valence-corrected chi connectivity index (χ1v) is 6.05. The van der Waals surface area contributed by atoms with Crippen molar-refractivity contribution in [1.82, 2.24) is 4.98 Å². The van der Waals surface area contributed by atoms with E-state index >= 15 is 0 Å². The van der Waals surface area contributed by atoms with Gasteiger partial charge in [0.15, 0.2) is 0 Å². The molecule has 1 saturated carbocycles. The third kappa shape index (κ3) is 3.05. The van der Waals surface area contributed by atoms with Crippen LogP contribution in [0.2, 0.25) is 0 Å². The van der Waals surface area contributed by atoms with Gasteiger partial charge in [0.25, 0.3) is 0 Å². The van der Waals surface area contributed by atoms with Crippen molar-refractivity contribution in [3.63, 3.8) is 0 Å². The maximum absolute atomic E-state index is 5.98. The van der Waals surface area contributed by atoms with E-state index in [0.29, 0.717) is 5.92 Å². The van der Waals surface area contributed by atoms with Crippen LogP contribution >= 0.6 is 0 Å². The molecule has 0 spiro atoms. The number of nitrogens with two attached hydrogens (primary N) is 1. The summed E-state index contributed by atoms with van der Waals surface area (Å²) < 4.78 is 0. The van der Waals surface area contributed by atoms with Gasteiger partial charge >= 0.3 is 0 Å². The molecular weight excluding hydrogens is 198 g/mol. The Bertz CT molecular complexity index is 339. The smallest absolute Gasteiger partial charge is 0.0968 e. The van der Waals surface area contributed by atoms with Gasteiger partial charge in [0.05, 0.1) is 5.84 Å². The van der Waals surface area contributed by atoms with Crippen LogP contribution in [0, 0.1) is 5.92 Å². The van der Waals surface area contributed by atoms with Crippen molar-refractivity contribution in [2.24, 2.45) is 16.6 Å². The van der Waals surface area contributed by atoms with E-state index in [1.54, 1.807) is 6.20 Å². The predicted molar refractivity (Wildman–Crippen MR) is 66.4 cm³/mol. The minimum atomic E-state index is 0.550. The van der Waals surface area contributed by atoms with Gasteiger partial charge in [-0.1, -0.05) is 18.9 Å². The highest BCUT2D eigenvalue weighted by Crippen LogP contribution is 2.24. The van der Waals surface area contributed by atoms with E-state index in [4.69, 9.17) is 5.73 Å². The molecule has 16 heavy (non-hydrogen) atoms. The van der Waals surface area contributed by atoms with Crippen LogP contribution in [0.5, 0.6) is 0 Å². The molecule has 2 N–H and O–H groups in total. The molecule has 1 aromatic heterocycles. The standard InChI is InChI=1S/C13H19N3/c14-13(12-5-1-2-6-12)16-9-7-11-4-3-8-15-10-11/h3-4,8,10,12H,1-2,5-7,9H2,(H2,14,16). The molecule has 1 aliphatic rings. The maximum Gasteiger partial charge on any atom is 0.0968 e. The van der Waals surface area contributed by atoms with Crippen LogP contribution in [0.3, 0.4) is 0 Å². The number of rotatable bonds is 4. The van der Waals surface area contributed by atoms with Gasteiger partial charge in [0, 0.05) is 24.9 Å². The van der Waals surface area contributed by atoms with Gasteiger partial charge in [0.1, 0.15) is 0 Å². The van der Waals surface area contributed by atoms with E-state index in [9.17, 15) is 0 Å². The van der Waals surface area contributed by atoms with Gasteiger partial charge in [-0.05, 0) is 30.9 Å². The molecule has 0 radical (unpaired) electrons. The van der Waals surface area contributed by atoms with E-state index in [-0.39, 0.29) is 0 Å². The van der Waals surface area contributed by atoms with Gasteiger partial charge in [-0.2, -0.15) is 0 Å². The van der Waals surface area contributed by atoms with Crippen LogP contribution in [0.1, 0.15) is 31.2 Å². The summed E-state index contributed by atoms with van der Waals surface area (Å²) in [6, 6.07) is 4.04. The second-order valence-electron chi connectivity index (χ2n) is 4.40. The predicted octanol–water partition coefficient (Wildman–Crippen LogP) is 2.17. The lowest BCUT2D eigenvalue weighted by molar-refractivity contribution is 0.715. The Morgan fingerprint density at radius 3 is 2.94 bits per heavy atom. The molecular formula is C13H19N3. The highest BCUT2D eigenvalue weighted by atomic mass is 14.9. The second-order valence-corrected chi connectivity index (χ2v) is 4.40. The number of pyridine rings is 1. The number of hydrogen-bond donors (Lipinski definition) is 1. The highest BCUT2D eigenvalue weighted by Gasteiger charge is 2.17. The molecule has 0 atom stereocenters. The Morgan fingerprint density at radius 2 is 2.25 bits per heavy atom. The van der Waals surface area contributed by atoms with Crippen LogP contribution in [-0.4, -0.2) is 17.4 Å². The lowest BCUT2D eigenvalue weighted by Gasteiger charge is -2.07. The summed E-state index contributed by atoms with van der Waals surface area (Å²) in [6.45, 7) is 0.786. The van der Waals surface area contributed by atoms with Crippen LogP contribution < -0.4 is 5.73 Å². The summed E-state index contributed by atoms with van der Waals surface area (Å²) in [6.07, 6.45) is 9.68. The van der Waals surface area contributed by atoms with Crippen molar-refractivity contribution in [3.8, 4) is 0 Å². The van der Waals surface area contributed by atoms with E-state index in [1.807, 2.05) is 12.3 Å². The molecule has 1 heterocycles. The first-order valence-electron chi connectivity index (χ1n) is 6.05. The van der Waals surface area contributed by atoms with Crippen molar-refractivity contribution in [3.05, 3.63) is 30.1 Å². The number of hydrogen-bond acceptors (Lipinski definition) is 2. The normalized spacial score (nSPS) is 17.9. The van der Waals surface area contributed by atoms with Crippen molar-refractivity contribution >= 4 is 5.84 Å². The van der Waals surface area contributed by atoms with Crippen LogP contribution in [0.4, 0.5) is 0 Å². The fourth-order valence-corrected chi connectivity index (χ4v) is 2.21. The summed E-state index contributed by atoms with van der Waals surface area (Å²) in [5.74, 6) is 1.41. The molecule has 0 aromatic carbocycles. The topological polar surface area (TPSA) is 51.3 Å². The van der Waals surface area contributed by atoms with Gasteiger partial charge in [-0.15, -0.1) is 0 Å². The lowest BCUT2D eigenvalue weighted by atomic mass is 10.1. The summed E-state index contributed by atoms with van der Waals surface area (Å²) in [4.78, 5) is 8.55. The third-order valence-electron chi connectivity index (χ3n) is 3.19. The molecule has 1 fully saturated rings. The molecule has 3 heteroatoms. The van der Waals surface area contributed by atoms with E-state index in [1.165, 1.54) is 31.2 Å². The Morgan fingerprint density at radius 1 is 1.44 bits per heavy atom. The molecule has 86 valence electrons. The molecule has 0 bridgehead atoms. The third-order valence-corrected chi connectivity index (χ3v) is 3.19. The minimum Gasteiger partial charge on any atom is -0.387 e. The Labute approximate surface area is 96.8 Å². The number of nitrogens with zero attached hydrogens (tertiary/aromatic N) is 2. The van der Waals surface area contributed by atoms with Gasteiger partial charge in [-0.25, -0.2) is 0 Å². The monoisotopic (exact) mass is 217 g/mol. The van der Waals surface area contributed by atoms with Crippen molar-refractivity contribution < 1.29 is 0 Å². The molecule has 0 amide bonds. The summed E-state index contributed by atoms with van der Waals surface area (Å²) in [5, 5.41) is 0. The van der Waals surface area contributed by atoms with Crippen LogP contribution in [0.15, 0.2) is 29.5 Å². The van der Waals surface area contributed by atoms with Crippen molar-refractivity contribution in [1.29, 1.82) is 0 Å². The quantitative estimate of drug-likeness (QED) is 0.620. The summed E-state index contributed by atoms with van der Waals surface area (Å²) in [7, 11) is 0. The van der Waals surface area contributed by atoms with E-state index < -0.39 is 0 Å². The van der Waals surface area contributed by atoms with Gasteiger partial charge in [-0.3, -0.25) is 9.98 Å². The zero-order chi connectivity index (χ0) is 11.2. The fraction of sp³-hybridized carbons (Fsp3) is 0.538. The summed E-state index contributed by atoms with van der Waals surface area (Å²) in [5.41, 5.74) is 7.20. The van der Waals surface area contributed by atoms with Gasteiger partial charge < -0.3 is 5.73 Å². The first-order chi connectivity index (χ1) is 7.86. The van der Waals surface area contributed by atoms with E-state index in [2.05, 4.69) is 16.0 Å². The average Bonchev–Trinajstić information content (AvgIpc) is 2.84. The highest BCUT2D eigenvalue weighted by molar-refractivity contribution is 5.83. The zero-order valence-corrected chi connectivity index (χ0v) is 9.60. The summed E-state index contributed by atoms with van der Waals surface area (Å²) >= 11 is 0. The average molecular weight is 217 g/mol. The molecule has 1 aliphatic carbocycles. The number of aliphatic imine (C=N–C) groups is 1. The van der Waals surface area contributed by atoms with Crippen molar-refractivity contribution in [2.45, 2.75) is 32.1 Å².